The van der Waals surface area contributed by atoms with Gasteiger partial charge >= 0.3 is 0 Å². The number of anilines is 2. The monoisotopic (exact) mass is 266 g/mol. The Bertz CT molecular complexity index is 409. The Morgan fingerprint density at radius 1 is 1.39 bits per heavy atom. The molecule has 2 fully saturated rings. The van der Waals surface area contributed by atoms with E-state index in [4.69, 9.17) is 5.73 Å². The average Bonchev–Trinajstić information content (AvgIpc) is 3.25. The van der Waals surface area contributed by atoms with Crippen molar-refractivity contribution < 1.29 is 0 Å². The topological polar surface area (TPSA) is 54.2 Å². The number of nitrogens with two attached hydrogens (primary N) is 1. The van der Waals surface area contributed by atoms with Gasteiger partial charge in [0.25, 0.3) is 0 Å². The highest BCUT2D eigenvalue weighted by atomic mass is 32.1. The molecule has 2 aliphatic carbocycles. The number of hydrogen-bond acceptors (Lipinski definition) is 5. The van der Waals surface area contributed by atoms with Gasteiger partial charge in [0.15, 0.2) is 0 Å². The van der Waals surface area contributed by atoms with E-state index in [0.29, 0.717) is 5.92 Å². The van der Waals surface area contributed by atoms with Gasteiger partial charge in [-0.2, -0.15) is 4.37 Å². The summed E-state index contributed by atoms with van der Waals surface area (Å²) in [6, 6.07) is 0.853. The molecule has 0 unspecified atom stereocenters. The Labute approximate surface area is 113 Å². The highest BCUT2D eigenvalue weighted by Crippen LogP contribution is 2.47. The molecule has 5 heteroatoms. The van der Waals surface area contributed by atoms with E-state index >= 15 is 0 Å². The number of nitrogens with one attached hydrogen (secondary N) is 1. The zero-order valence-electron chi connectivity index (χ0n) is 11.0. The van der Waals surface area contributed by atoms with E-state index in [1.165, 1.54) is 47.8 Å². The molecule has 0 spiro atoms. The number of aromatic nitrogens is 1. The molecule has 0 atom stereocenters. The Morgan fingerprint density at radius 2 is 2.17 bits per heavy atom. The standard InChI is InChI=1S/C13H22N4S/c1-2-17(10-5-6-10)8-7-15-13-11(9-3-4-9)12(14)16-18-13/h9-10,15H,2-8H2,1H3,(H2,14,16). The van der Waals surface area contributed by atoms with Gasteiger partial charge in [-0.3, -0.25) is 4.90 Å². The smallest absolute Gasteiger partial charge is 0.142 e. The van der Waals surface area contributed by atoms with Crippen LogP contribution in [0.15, 0.2) is 0 Å². The molecule has 2 aliphatic rings. The first-order valence-corrected chi connectivity index (χ1v) is 7.80. The molecule has 1 heterocycles. The van der Waals surface area contributed by atoms with Crippen LogP contribution in [-0.2, 0) is 0 Å². The Hall–Kier alpha value is -0.810. The van der Waals surface area contributed by atoms with Crippen LogP contribution >= 0.6 is 11.5 Å². The lowest BCUT2D eigenvalue weighted by Crippen LogP contribution is -2.30. The van der Waals surface area contributed by atoms with Crippen molar-refractivity contribution in [1.29, 1.82) is 0 Å². The van der Waals surface area contributed by atoms with Gasteiger partial charge in [0.2, 0.25) is 0 Å². The van der Waals surface area contributed by atoms with Gasteiger partial charge in [-0.1, -0.05) is 6.92 Å². The van der Waals surface area contributed by atoms with E-state index in [9.17, 15) is 0 Å². The van der Waals surface area contributed by atoms with Gasteiger partial charge in [0.05, 0.1) is 0 Å². The fourth-order valence-electron chi connectivity index (χ4n) is 2.56. The number of nitrogen functional groups attached to an aromatic ring is 1. The van der Waals surface area contributed by atoms with Crippen LogP contribution in [0.2, 0.25) is 0 Å². The molecule has 2 saturated carbocycles. The first kappa shape index (κ1) is 12.2. The molecule has 0 aromatic carbocycles. The van der Waals surface area contributed by atoms with Gasteiger partial charge in [0.1, 0.15) is 10.8 Å². The van der Waals surface area contributed by atoms with E-state index in [1.54, 1.807) is 0 Å². The van der Waals surface area contributed by atoms with Crippen LogP contribution in [-0.4, -0.2) is 34.9 Å². The first-order chi connectivity index (χ1) is 8.79. The fourth-order valence-corrected chi connectivity index (χ4v) is 3.38. The molecule has 3 N–H and O–H groups in total. The molecule has 0 bridgehead atoms. The molecule has 18 heavy (non-hydrogen) atoms. The summed E-state index contributed by atoms with van der Waals surface area (Å²) in [5, 5.41) is 4.75. The molecule has 4 nitrogen and oxygen atoms in total. The predicted octanol–water partition coefficient (Wildman–Crippen LogP) is 2.50. The minimum atomic E-state index is 0.678. The lowest BCUT2D eigenvalue weighted by Gasteiger charge is -2.19. The van der Waals surface area contributed by atoms with Crippen molar-refractivity contribution in [2.45, 2.75) is 44.6 Å². The van der Waals surface area contributed by atoms with Crippen LogP contribution < -0.4 is 11.1 Å². The van der Waals surface area contributed by atoms with Crippen molar-refractivity contribution in [3.8, 4) is 0 Å². The third-order valence-corrected chi connectivity index (χ3v) is 4.73. The summed E-state index contributed by atoms with van der Waals surface area (Å²) in [6.07, 6.45) is 5.32. The number of likely N-dealkylation sites (N-methyl/N-ethyl adjacent to an activating group) is 1. The van der Waals surface area contributed by atoms with E-state index in [1.807, 2.05) is 0 Å². The van der Waals surface area contributed by atoms with Crippen LogP contribution in [0.1, 0.15) is 44.1 Å². The Morgan fingerprint density at radius 3 is 2.78 bits per heavy atom. The van der Waals surface area contributed by atoms with Crippen LogP contribution in [0.25, 0.3) is 0 Å². The maximum Gasteiger partial charge on any atom is 0.142 e. The minimum Gasteiger partial charge on any atom is -0.383 e. The maximum absolute atomic E-state index is 5.95. The molecule has 0 aliphatic heterocycles. The van der Waals surface area contributed by atoms with Crippen LogP contribution in [0.5, 0.6) is 0 Å². The molecule has 0 saturated heterocycles. The lowest BCUT2D eigenvalue weighted by atomic mass is 10.2. The summed E-state index contributed by atoms with van der Waals surface area (Å²) in [6.45, 7) is 5.54. The molecule has 0 amide bonds. The van der Waals surface area contributed by atoms with Crippen LogP contribution in [0.4, 0.5) is 10.8 Å². The Kier molecular flexibility index (Phi) is 3.43. The van der Waals surface area contributed by atoms with Crippen molar-refractivity contribution in [3.05, 3.63) is 5.56 Å². The summed E-state index contributed by atoms with van der Waals surface area (Å²) in [7, 11) is 0. The largest absolute Gasteiger partial charge is 0.383 e. The van der Waals surface area contributed by atoms with Crippen LogP contribution in [0.3, 0.4) is 0 Å². The summed E-state index contributed by atoms with van der Waals surface area (Å²) in [5.41, 5.74) is 7.23. The zero-order valence-corrected chi connectivity index (χ0v) is 11.8. The van der Waals surface area contributed by atoms with Crippen molar-refractivity contribution >= 4 is 22.4 Å². The summed E-state index contributed by atoms with van der Waals surface area (Å²) >= 11 is 1.52. The van der Waals surface area contributed by atoms with Crippen LogP contribution in [0, 0.1) is 0 Å². The number of hydrogen-bond donors (Lipinski definition) is 2. The summed E-state index contributed by atoms with van der Waals surface area (Å²) in [4.78, 5) is 2.56. The number of nitrogens with zero attached hydrogens (tertiary/aromatic N) is 2. The Balaban J connectivity index is 1.53. The summed E-state index contributed by atoms with van der Waals surface area (Å²) in [5.74, 6) is 1.43. The molecular formula is C13H22N4S. The highest BCUT2D eigenvalue weighted by molar-refractivity contribution is 7.10. The van der Waals surface area contributed by atoms with Crippen molar-refractivity contribution in [2.24, 2.45) is 0 Å². The van der Waals surface area contributed by atoms with E-state index < -0.39 is 0 Å². The second kappa shape index (κ2) is 5.05. The van der Waals surface area contributed by atoms with Gasteiger partial charge in [0, 0.05) is 24.7 Å². The molecule has 100 valence electrons. The minimum absolute atomic E-state index is 0.678. The van der Waals surface area contributed by atoms with E-state index in [0.717, 1.165) is 31.5 Å². The van der Waals surface area contributed by atoms with E-state index in [-0.39, 0.29) is 0 Å². The van der Waals surface area contributed by atoms with E-state index in [2.05, 4.69) is 21.5 Å². The third kappa shape index (κ3) is 2.62. The molecule has 1 aromatic rings. The van der Waals surface area contributed by atoms with Gasteiger partial charge in [-0.15, -0.1) is 0 Å². The summed E-state index contributed by atoms with van der Waals surface area (Å²) < 4.78 is 4.29. The van der Waals surface area contributed by atoms with Gasteiger partial charge in [-0.05, 0) is 49.7 Å². The lowest BCUT2D eigenvalue weighted by molar-refractivity contribution is 0.289. The normalized spacial score (nSPS) is 19.4. The highest BCUT2D eigenvalue weighted by Gasteiger charge is 2.31. The second-order valence-electron chi connectivity index (χ2n) is 5.37. The second-order valence-corrected chi connectivity index (χ2v) is 6.14. The maximum atomic E-state index is 5.95. The SMILES string of the molecule is CCN(CCNc1snc(N)c1C1CC1)C1CC1. The van der Waals surface area contributed by atoms with Crippen molar-refractivity contribution in [1.82, 2.24) is 9.27 Å². The van der Waals surface area contributed by atoms with Crippen molar-refractivity contribution in [3.63, 3.8) is 0 Å². The predicted molar refractivity (Wildman–Crippen MR) is 77.3 cm³/mol. The molecule has 3 rings (SSSR count). The number of rotatable bonds is 7. The molecular weight excluding hydrogens is 244 g/mol. The third-order valence-electron chi connectivity index (χ3n) is 3.90. The molecule has 0 radical (unpaired) electrons. The van der Waals surface area contributed by atoms with Gasteiger partial charge < -0.3 is 11.1 Å². The molecule has 1 aromatic heterocycles. The quantitative estimate of drug-likeness (QED) is 0.796. The first-order valence-electron chi connectivity index (χ1n) is 7.02. The zero-order chi connectivity index (χ0) is 12.5. The fraction of sp³-hybridized carbons (Fsp3) is 0.769. The van der Waals surface area contributed by atoms with Crippen molar-refractivity contribution in [2.75, 3.05) is 30.7 Å². The van der Waals surface area contributed by atoms with Gasteiger partial charge in [-0.25, -0.2) is 0 Å². The average molecular weight is 266 g/mol.